The fourth-order valence-corrected chi connectivity index (χ4v) is 4.50. The van der Waals surface area contributed by atoms with Crippen molar-refractivity contribution in [2.24, 2.45) is 0 Å². The largest absolute Gasteiger partial charge is 0.460 e. The lowest BCUT2D eigenvalue weighted by Crippen LogP contribution is -2.47. The lowest BCUT2D eigenvalue weighted by molar-refractivity contribution is -0.149. The number of esters is 1. The topological polar surface area (TPSA) is 102 Å². The molecule has 2 rings (SSSR count). The maximum atomic E-state index is 13.3. The van der Waals surface area contributed by atoms with Crippen LogP contribution in [-0.4, -0.2) is 49.5 Å². The average molecular weight is 477 g/mol. The van der Waals surface area contributed by atoms with Crippen LogP contribution in [0.15, 0.2) is 59.5 Å². The fraction of sp³-hybridized carbons (Fsp3) is 0.417. The van der Waals surface area contributed by atoms with E-state index in [2.05, 4.69) is 5.32 Å². The summed E-state index contributed by atoms with van der Waals surface area (Å²) in [6.45, 7) is 8.34. The highest BCUT2D eigenvalue weighted by atomic mass is 32.2. The number of rotatable bonds is 9. The molecule has 2 aromatic carbocycles. The van der Waals surface area contributed by atoms with Gasteiger partial charge >= 0.3 is 12.1 Å². The van der Waals surface area contributed by atoms with Crippen LogP contribution in [0.25, 0.3) is 0 Å². The van der Waals surface area contributed by atoms with E-state index >= 15 is 0 Å². The minimum Gasteiger partial charge on any atom is -0.460 e. The summed E-state index contributed by atoms with van der Waals surface area (Å²) in [4.78, 5) is 24.8. The smallest absolute Gasteiger partial charge is 0.407 e. The number of sulfonamides is 1. The molecular formula is C24H32N2O6S. The van der Waals surface area contributed by atoms with Gasteiger partial charge in [0.2, 0.25) is 10.0 Å². The Bertz CT molecular complexity index is 1030. The van der Waals surface area contributed by atoms with Gasteiger partial charge < -0.3 is 14.8 Å². The van der Waals surface area contributed by atoms with E-state index in [1.165, 1.54) is 19.1 Å². The molecule has 0 aromatic heterocycles. The van der Waals surface area contributed by atoms with Gasteiger partial charge in [0.25, 0.3) is 0 Å². The number of amides is 1. The maximum Gasteiger partial charge on any atom is 0.407 e. The molecule has 1 amide bonds. The Morgan fingerprint density at radius 1 is 1.03 bits per heavy atom. The molecule has 1 N–H and O–H groups in total. The first-order chi connectivity index (χ1) is 15.4. The first-order valence-electron chi connectivity index (χ1n) is 10.7. The van der Waals surface area contributed by atoms with Gasteiger partial charge in [-0.1, -0.05) is 48.0 Å². The zero-order valence-corrected chi connectivity index (χ0v) is 20.5. The van der Waals surface area contributed by atoms with Gasteiger partial charge in [0, 0.05) is 13.1 Å². The number of hydrogen-bond acceptors (Lipinski definition) is 6. The van der Waals surface area contributed by atoms with E-state index in [1.54, 1.807) is 32.9 Å². The maximum absolute atomic E-state index is 13.3. The number of hydrogen-bond donors (Lipinski definition) is 1. The second kappa shape index (κ2) is 11.3. The van der Waals surface area contributed by atoms with Gasteiger partial charge in [0.15, 0.2) is 0 Å². The highest BCUT2D eigenvalue weighted by molar-refractivity contribution is 7.89. The molecule has 0 heterocycles. The van der Waals surface area contributed by atoms with E-state index in [-0.39, 0.29) is 24.6 Å². The van der Waals surface area contributed by atoms with Crippen LogP contribution in [0.1, 0.15) is 38.8 Å². The van der Waals surface area contributed by atoms with Gasteiger partial charge in [-0.15, -0.1) is 0 Å². The van der Waals surface area contributed by atoms with Gasteiger partial charge in [0.1, 0.15) is 18.2 Å². The summed E-state index contributed by atoms with van der Waals surface area (Å²) >= 11 is 0. The van der Waals surface area contributed by atoms with Crippen molar-refractivity contribution in [1.29, 1.82) is 0 Å². The molecule has 1 atom stereocenters. The van der Waals surface area contributed by atoms with Crippen molar-refractivity contribution in [3.05, 3.63) is 65.7 Å². The third kappa shape index (κ3) is 8.18. The Hall–Kier alpha value is -2.91. The average Bonchev–Trinajstić information content (AvgIpc) is 2.74. The summed E-state index contributed by atoms with van der Waals surface area (Å²) in [5.41, 5.74) is 1.01. The van der Waals surface area contributed by atoms with E-state index in [1.807, 2.05) is 37.3 Å². The van der Waals surface area contributed by atoms with E-state index in [0.717, 1.165) is 15.4 Å². The van der Waals surface area contributed by atoms with Crippen LogP contribution >= 0.6 is 0 Å². The summed E-state index contributed by atoms with van der Waals surface area (Å²) in [5, 5.41) is 2.53. The molecule has 0 bridgehead atoms. The van der Waals surface area contributed by atoms with Gasteiger partial charge in [-0.3, -0.25) is 4.79 Å². The third-order valence-electron chi connectivity index (χ3n) is 4.62. The van der Waals surface area contributed by atoms with Gasteiger partial charge in [-0.25, -0.2) is 13.2 Å². The van der Waals surface area contributed by atoms with Crippen LogP contribution in [0, 0.1) is 6.92 Å². The van der Waals surface area contributed by atoms with Gasteiger partial charge in [-0.2, -0.15) is 4.31 Å². The quantitative estimate of drug-likeness (QED) is 0.555. The highest BCUT2D eigenvalue weighted by Crippen LogP contribution is 2.20. The first-order valence-corrected chi connectivity index (χ1v) is 12.1. The number of ether oxygens (including phenoxy) is 2. The molecule has 33 heavy (non-hydrogen) atoms. The number of carbonyl (C=O) groups is 2. The molecule has 0 radical (unpaired) electrons. The molecule has 0 saturated heterocycles. The van der Waals surface area contributed by atoms with Gasteiger partial charge in [-0.05, 0) is 52.3 Å². The zero-order chi connectivity index (χ0) is 24.6. The molecule has 8 nitrogen and oxygen atoms in total. The third-order valence-corrected chi connectivity index (χ3v) is 6.61. The molecule has 0 aliphatic carbocycles. The van der Waals surface area contributed by atoms with Crippen LogP contribution in [0.2, 0.25) is 0 Å². The van der Waals surface area contributed by atoms with Crippen molar-refractivity contribution in [2.75, 3.05) is 13.1 Å². The van der Waals surface area contributed by atoms with Crippen molar-refractivity contribution in [1.82, 2.24) is 9.62 Å². The van der Waals surface area contributed by atoms with Crippen molar-refractivity contribution in [2.45, 2.75) is 57.8 Å². The minimum atomic E-state index is -4.04. The monoisotopic (exact) mass is 476 g/mol. The van der Waals surface area contributed by atoms with Crippen LogP contribution in [0.4, 0.5) is 4.79 Å². The van der Waals surface area contributed by atoms with Crippen molar-refractivity contribution >= 4 is 22.1 Å². The zero-order valence-electron chi connectivity index (χ0n) is 19.7. The molecule has 0 saturated carbocycles. The van der Waals surface area contributed by atoms with Crippen molar-refractivity contribution in [3.63, 3.8) is 0 Å². The predicted octanol–water partition coefficient (Wildman–Crippen LogP) is 3.64. The Morgan fingerprint density at radius 2 is 1.64 bits per heavy atom. The van der Waals surface area contributed by atoms with Crippen molar-refractivity contribution < 1.29 is 27.5 Å². The SMILES string of the molecule is Cc1ccc(S(=O)(=O)N(CCNC(=O)OC(C)(C)C)[C@@H](C)C(=O)OCc2ccccc2)cc1. The first kappa shape index (κ1) is 26.3. The van der Waals surface area contributed by atoms with E-state index in [0.29, 0.717) is 0 Å². The standard InChI is InChI=1S/C24H32N2O6S/c1-18-11-13-21(14-12-18)33(29,30)26(16-15-25-23(28)32-24(3,4)5)19(2)22(27)31-17-20-9-7-6-8-10-20/h6-14,19H,15-17H2,1-5H3,(H,25,28)/t19-/m0/s1. The Kier molecular flexibility index (Phi) is 9.01. The summed E-state index contributed by atoms with van der Waals surface area (Å²) in [5.74, 6) is -0.688. The molecule has 180 valence electrons. The number of carbonyl (C=O) groups excluding carboxylic acids is 2. The summed E-state index contributed by atoms with van der Waals surface area (Å²) in [7, 11) is -4.04. The second-order valence-electron chi connectivity index (χ2n) is 8.63. The van der Waals surface area contributed by atoms with E-state index in [9.17, 15) is 18.0 Å². The summed E-state index contributed by atoms with van der Waals surface area (Å²) in [6, 6.07) is 14.3. The van der Waals surface area contributed by atoms with Crippen LogP contribution in [-0.2, 0) is 30.9 Å². The van der Waals surface area contributed by atoms with Crippen LogP contribution in [0.5, 0.6) is 0 Å². The number of alkyl carbamates (subject to hydrolysis) is 1. The molecule has 0 spiro atoms. The molecule has 0 fully saturated rings. The highest BCUT2D eigenvalue weighted by Gasteiger charge is 2.34. The molecule has 9 heteroatoms. The van der Waals surface area contributed by atoms with E-state index in [4.69, 9.17) is 9.47 Å². The van der Waals surface area contributed by atoms with E-state index < -0.39 is 33.7 Å². The molecule has 0 aliphatic heterocycles. The van der Waals surface area contributed by atoms with Crippen molar-refractivity contribution in [3.8, 4) is 0 Å². The summed E-state index contributed by atoms with van der Waals surface area (Å²) in [6.07, 6.45) is -0.672. The molecule has 2 aromatic rings. The predicted molar refractivity (Wildman–Crippen MR) is 125 cm³/mol. The Morgan fingerprint density at radius 3 is 2.21 bits per heavy atom. The van der Waals surface area contributed by atoms with Crippen LogP contribution in [0.3, 0.4) is 0 Å². The fourth-order valence-electron chi connectivity index (χ4n) is 2.92. The molecule has 0 aliphatic rings. The lowest BCUT2D eigenvalue weighted by atomic mass is 10.2. The Balaban J connectivity index is 2.17. The summed E-state index contributed by atoms with van der Waals surface area (Å²) < 4.78 is 38.3. The van der Waals surface area contributed by atoms with Gasteiger partial charge in [0.05, 0.1) is 4.90 Å². The number of nitrogens with one attached hydrogen (secondary N) is 1. The number of benzene rings is 2. The minimum absolute atomic E-state index is 0.0264. The second-order valence-corrected chi connectivity index (χ2v) is 10.5. The molecular weight excluding hydrogens is 444 g/mol. The lowest BCUT2D eigenvalue weighted by Gasteiger charge is -2.27. The normalized spacial score (nSPS) is 12.8. The number of aryl methyl sites for hydroxylation is 1. The number of nitrogens with zero attached hydrogens (tertiary/aromatic N) is 1. The molecule has 0 unspecified atom stereocenters. The van der Waals surface area contributed by atoms with Crippen LogP contribution < -0.4 is 5.32 Å². The Labute approximate surface area is 195 Å².